The third-order valence-electron chi connectivity index (χ3n) is 3.23. The largest absolute Gasteiger partial charge is 0.504 e. The van der Waals surface area contributed by atoms with Crippen LogP contribution in [0.1, 0.15) is 38.7 Å². The predicted octanol–water partition coefficient (Wildman–Crippen LogP) is 3.55. The summed E-state index contributed by atoms with van der Waals surface area (Å²) in [5.41, 5.74) is 1.22. The second-order valence-electron chi connectivity index (χ2n) is 4.11. The van der Waals surface area contributed by atoms with E-state index in [9.17, 15) is 5.11 Å². The fraction of sp³-hybridized carbons (Fsp3) is 0.538. The molecule has 2 nitrogen and oxygen atoms in total. The Morgan fingerprint density at radius 2 is 2.00 bits per heavy atom. The number of rotatable bonds is 4. The van der Waals surface area contributed by atoms with Crippen molar-refractivity contribution in [2.45, 2.75) is 33.1 Å². The molecule has 1 N–H and O–H groups in total. The minimum absolute atomic E-state index is 0.206. The molecule has 1 aromatic rings. The molecule has 1 rings (SSSR count). The Bertz CT molecular complexity index is 320. The molecular weight excluding hydrogens is 188 g/mol. The predicted molar refractivity (Wildman–Crippen MR) is 62.5 cm³/mol. The summed E-state index contributed by atoms with van der Waals surface area (Å²) in [5.74, 6) is 1.89. The maximum absolute atomic E-state index is 9.49. The SMILES string of the molecule is CCC(C)C(C)c1ccc(O)c(OC)c1. The zero-order valence-electron chi connectivity index (χ0n) is 9.95. The summed E-state index contributed by atoms with van der Waals surface area (Å²) in [6, 6.07) is 5.59. The van der Waals surface area contributed by atoms with Gasteiger partial charge in [0, 0.05) is 0 Å². The third kappa shape index (κ3) is 2.65. The van der Waals surface area contributed by atoms with Gasteiger partial charge in [-0.1, -0.05) is 33.3 Å². The van der Waals surface area contributed by atoms with Crippen molar-refractivity contribution in [1.29, 1.82) is 0 Å². The first kappa shape index (κ1) is 11.9. The molecule has 15 heavy (non-hydrogen) atoms. The quantitative estimate of drug-likeness (QED) is 0.820. The monoisotopic (exact) mass is 208 g/mol. The number of benzene rings is 1. The third-order valence-corrected chi connectivity index (χ3v) is 3.23. The first-order valence-corrected chi connectivity index (χ1v) is 5.47. The van der Waals surface area contributed by atoms with Gasteiger partial charge < -0.3 is 9.84 Å². The Balaban J connectivity index is 2.95. The number of phenols is 1. The molecule has 1 aromatic carbocycles. The minimum atomic E-state index is 0.206. The summed E-state index contributed by atoms with van der Waals surface area (Å²) in [7, 11) is 1.58. The normalized spacial score (nSPS) is 14.7. The van der Waals surface area contributed by atoms with Gasteiger partial charge in [0.1, 0.15) is 0 Å². The molecule has 0 saturated heterocycles. The molecule has 2 atom stereocenters. The average Bonchev–Trinajstić information content (AvgIpc) is 2.27. The topological polar surface area (TPSA) is 29.5 Å². The van der Waals surface area contributed by atoms with Crippen molar-refractivity contribution in [3.05, 3.63) is 23.8 Å². The van der Waals surface area contributed by atoms with Crippen molar-refractivity contribution in [2.75, 3.05) is 7.11 Å². The molecule has 0 heterocycles. The van der Waals surface area contributed by atoms with Crippen LogP contribution in [0.5, 0.6) is 11.5 Å². The van der Waals surface area contributed by atoms with Gasteiger partial charge in [-0.25, -0.2) is 0 Å². The molecule has 84 valence electrons. The molecule has 0 spiro atoms. The molecule has 2 unspecified atom stereocenters. The van der Waals surface area contributed by atoms with Crippen LogP contribution in [-0.2, 0) is 0 Å². The van der Waals surface area contributed by atoms with E-state index < -0.39 is 0 Å². The Hall–Kier alpha value is -1.18. The molecular formula is C13H20O2. The van der Waals surface area contributed by atoms with Crippen LogP contribution in [0.2, 0.25) is 0 Å². The lowest BCUT2D eigenvalue weighted by atomic mass is 9.87. The van der Waals surface area contributed by atoms with Crippen LogP contribution in [0.4, 0.5) is 0 Å². The summed E-state index contributed by atoms with van der Waals surface area (Å²) in [4.78, 5) is 0. The van der Waals surface area contributed by atoms with E-state index in [1.165, 1.54) is 5.56 Å². The Kier molecular flexibility index (Phi) is 4.01. The lowest BCUT2D eigenvalue weighted by Gasteiger charge is -2.19. The standard InChI is InChI=1S/C13H20O2/c1-5-9(2)10(3)11-6-7-12(14)13(8-11)15-4/h6-10,14H,5H2,1-4H3. The molecule has 0 aliphatic carbocycles. The molecule has 0 aliphatic rings. The van der Waals surface area contributed by atoms with Crippen LogP contribution in [0.3, 0.4) is 0 Å². The second-order valence-corrected chi connectivity index (χ2v) is 4.11. The van der Waals surface area contributed by atoms with Gasteiger partial charge in [0.25, 0.3) is 0 Å². The molecule has 0 aliphatic heterocycles. The van der Waals surface area contributed by atoms with E-state index in [1.807, 2.05) is 12.1 Å². The fourth-order valence-corrected chi connectivity index (χ4v) is 1.66. The van der Waals surface area contributed by atoms with Gasteiger partial charge in [-0.3, -0.25) is 0 Å². The van der Waals surface area contributed by atoms with Crippen molar-refractivity contribution in [3.8, 4) is 11.5 Å². The van der Waals surface area contributed by atoms with Gasteiger partial charge in [0.05, 0.1) is 7.11 Å². The highest BCUT2D eigenvalue weighted by molar-refractivity contribution is 5.42. The van der Waals surface area contributed by atoms with Gasteiger partial charge in [-0.15, -0.1) is 0 Å². The minimum Gasteiger partial charge on any atom is -0.504 e. The van der Waals surface area contributed by atoms with Crippen LogP contribution in [0.15, 0.2) is 18.2 Å². The summed E-state index contributed by atoms with van der Waals surface area (Å²) >= 11 is 0. The molecule has 0 fully saturated rings. The number of aromatic hydroxyl groups is 1. The Morgan fingerprint density at radius 1 is 1.33 bits per heavy atom. The highest BCUT2D eigenvalue weighted by Gasteiger charge is 2.14. The van der Waals surface area contributed by atoms with E-state index in [1.54, 1.807) is 13.2 Å². The fourth-order valence-electron chi connectivity index (χ4n) is 1.66. The van der Waals surface area contributed by atoms with Crippen LogP contribution < -0.4 is 4.74 Å². The first-order chi connectivity index (χ1) is 7.10. The van der Waals surface area contributed by atoms with E-state index in [4.69, 9.17) is 4.74 Å². The smallest absolute Gasteiger partial charge is 0.160 e. The molecule has 0 aromatic heterocycles. The van der Waals surface area contributed by atoms with Crippen LogP contribution in [0.25, 0.3) is 0 Å². The van der Waals surface area contributed by atoms with Crippen molar-refractivity contribution in [1.82, 2.24) is 0 Å². The van der Waals surface area contributed by atoms with E-state index in [-0.39, 0.29) is 5.75 Å². The van der Waals surface area contributed by atoms with Gasteiger partial charge in [-0.2, -0.15) is 0 Å². The van der Waals surface area contributed by atoms with Crippen LogP contribution >= 0.6 is 0 Å². The molecule has 2 heteroatoms. The van der Waals surface area contributed by atoms with Gasteiger partial charge in [0.15, 0.2) is 11.5 Å². The molecule has 0 bridgehead atoms. The Labute approximate surface area is 91.9 Å². The zero-order valence-corrected chi connectivity index (χ0v) is 9.95. The van der Waals surface area contributed by atoms with Crippen molar-refractivity contribution in [2.24, 2.45) is 5.92 Å². The maximum Gasteiger partial charge on any atom is 0.160 e. The number of ether oxygens (including phenoxy) is 1. The molecule has 0 radical (unpaired) electrons. The number of hydrogen-bond acceptors (Lipinski definition) is 2. The maximum atomic E-state index is 9.49. The summed E-state index contributed by atoms with van der Waals surface area (Å²) in [5, 5.41) is 9.49. The summed E-state index contributed by atoms with van der Waals surface area (Å²) in [6.07, 6.45) is 1.16. The highest BCUT2D eigenvalue weighted by atomic mass is 16.5. The Morgan fingerprint density at radius 3 is 2.53 bits per heavy atom. The van der Waals surface area contributed by atoms with Crippen molar-refractivity contribution >= 4 is 0 Å². The van der Waals surface area contributed by atoms with Crippen molar-refractivity contribution in [3.63, 3.8) is 0 Å². The zero-order chi connectivity index (χ0) is 11.4. The molecule has 0 amide bonds. The summed E-state index contributed by atoms with van der Waals surface area (Å²) in [6.45, 7) is 6.64. The number of hydrogen-bond donors (Lipinski definition) is 1. The number of methoxy groups -OCH3 is 1. The lowest BCUT2D eigenvalue weighted by molar-refractivity contribution is 0.371. The lowest BCUT2D eigenvalue weighted by Crippen LogP contribution is -2.05. The highest BCUT2D eigenvalue weighted by Crippen LogP contribution is 2.33. The number of phenolic OH excluding ortho intramolecular Hbond substituents is 1. The van der Waals surface area contributed by atoms with Gasteiger partial charge in [-0.05, 0) is 29.5 Å². The van der Waals surface area contributed by atoms with Crippen LogP contribution in [-0.4, -0.2) is 12.2 Å². The van der Waals surface area contributed by atoms with Gasteiger partial charge >= 0.3 is 0 Å². The van der Waals surface area contributed by atoms with E-state index >= 15 is 0 Å². The van der Waals surface area contributed by atoms with E-state index in [2.05, 4.69) is 20.8 Å². The van der Waals surface area contributed by atoms with Crippen molar-refractivity contribution < 1.29 is 9.84 Å². The van der Waals surface area contributed by atoms with Gasteiger partial charge in [0.2, 0.25) is 0 Å². The van der Waals surface area contributed by atoms with E-state index in [0.29, 0.717) is 17.6 Å². The molecule has 0 saturated carbocycles. The average molecular weight is 208 g/mol. The second kappa shape index (κ2) is 5.06. The van der Waals surface area contributed by atoms with E-state index in [0.717, 1.165) is 6.42 Å². The summed E-state index contributed by atoms with van der Waals surface area (Å²) < 4.78 is 5.10. The van der Waals surface area contributed by atoms with Crippen LogP contribution in [0, 0.1) is 5.92 Å². The first-order valence-electron chi connectivity index (χ1n) is 5.47.